The summed E-state index contributed by atoms with van der Waals surface area (Å²) in [7, 11) is 1.62. The summed E-state index contributed by atoms with van der Waals surface area (Å²) in [6, 6.07) is 18.4. The zero-order valence-corrected chi connectivity index (χ0v) is 29.6. The van der Waals surface area contributed by atoms with Crippen LogP contribution in [-0.4, -0.2) is 75.1 Å². The molecule has 0 aliphatic carbocycles. The number of nitrogens with zero attached hydrogens (tertiary/aromatic N) is 6. The number of halogens is 2. The molecular weight excluding hydrogens is 694 g/mol. The third kappa shape index (κ3) is 7.12. The second-order valence-electron chi connectivity index (χ2n) is 13.5. The minimum Gasteiger partial charge on any atom is -0.497 e. The van der Waals surface area contributed by atoms with Crippen molar-refractivity contribution in [3.8, 4) is 22.9 Å². The van der Waals surface area contributed by atoms with E-state index in [9.17, 15) is 14.0 Å². The Balaban J connectivity index is 1.10. The largest absolute Gasteiger partial charge is 0.497 e. The molecule has 1 atom stereocenters. The molecular formula is C40H38F2N8O4. The number of rotatable bonds is 11. The average molecular weight is 733 g/mol. The van der Waals surface area contributed by atoms with Crippen LogP contribution in [-0.2, 0) is 6.42 Å². The standard InChI is InChI=1S/C40H38F2N8O4/c1-53-31-13-6-25(7-14-31)21-26-23-43-37-35(38(47-46-37)49-20-4-5-30(49)24-48-18-2-3-19-48)36(26)54-34-15-10-28(22-33(34)42)45-39(51)32-16-17-44-50(40(32)52)29-11-8-27(41)9-12-29/h6-17,22-23,30H,2-5,18-21,24H2,1H3,(H,45,51)(H,43,46,47)/t30-/m1/s1. The van der Waals surface area contributed by atoms with Gasteiger partial charge in [0, 0.05) is 55.3 Å². The van der Waals surface area contributed by atoms with Crippen LogP contribution in [0.4, 0.5) is 20.3 Å². The SMILES string of the molecule is COc1ccc(Cc2cnc3[nH]nc(N4CCC[C@@H]4CN4CCCC4)c3c2Oc2ccc(NC(=O)c3ccnn(-c4ccc(F)cc4)c3=O)cc2F)cc1. The minimum atomic E-state index is -0.763. The molecule has 3 aromatic carbocycles. The number of aromatic amines is 1. The van der Waals surface area contributed by atoms with E-state index in [0.29, 0.717) is 23.2 Å². The molecule has 276 valence electrons. The Bertz CT molecular complexity index is 2360. The van der Waals surface area contributed by atoms with Crippen molar-refractivity contribution in [3.05, 3.63) is 124 Å². The molecule has 0 unspecified atom stereocenters. The van der Waals surface area contributed by atoms with Gasteiger partial charge in [-0.15, -0.1) is 0 Å². The monoisotopic (exact) mass is 732 g/mol. The highest BCUT2D eigenvalue weighted by Gasteiger charge is 2.32. The van der Waals surface area contributed by atoms with Crippen molar-refractivity contribution in [3.63, 3.8) is 0 Å². The number of nitrogens with one attached hydrogen (secondary N) is 2. The molecule has 8 rings (SSSR count). The van der Waals surface area contributed by atoms with Gasteiger partial charge in [-0.2, -0.15) is 14.9 Å². The first kappa shape index (κ1) is 34.9. The maximum absolute atomic E-state index is 16.0. The molecule has 6 aromatic rings. The first-order valence-corrected chi connectivity index (χ1v) is 18.0. The first-order chi connectivity index (χ1) is 26.3. The van der Waals surface area contributed by atoms with Crippen molar-refractivity contribution in [2.45, 2.75) is 38.1 Å². The quantitative estimate of drug-likeness (QED) is 0.154. The van der Waals surface area contributed by atoms with Gasteiger partial charge in [0.15, 0.2) is 23.0 Å². The van der Waals surface area contributed by atoms with E-state index in [-0.39, 0.29) is 28.7 Å². The highest BCUT2D eigenvalue weighted by Crippen LogP contribution is 2.41. The number of H-pyrrole nitrogens is 1. The maximum Gasteiger partial charge on any atom is 0.284 e. The smallest absolute Gasteiger partial charge is 0.284 e. The lowest BCUT2D eigenvalue weighted by molar-refractivity contribution is 0.102. The van der Waals surface area contributed by atoms with Crippen molar-refractivity contribution in [1.82, 2.24) is 29.9 Å². The molecule has 0 radical (unpaired) electrons. The Morgan fingerprint density at radius 3 is 2.54 bits per heavy atom. The fourth-order valence-corrected chi connectivity index (χ4v) is 7.29. The van der Waals surface area contributed by atoms with Gasteiger partial charge >= 0.3 is 0 Å². The van der Waals surface area contributed by atoms with E-state index in [1.54, 1.807) is 13.3 Å². The molecule has 3 aromatic heterocycles. The molecule has 12 nitrogen and oxygen atoms in total. The van der Waals surface area contributed by atoms with Gasteiger partial charge < -0.3 is 24.6 Å². The average Bonchev–Trinajstić information content (AvgIpc) is 3.96. The number of hydrogen-bond acceptors (Lipinski definition) is 9. The Hall–Kier alpha value is -6.15. The number of carbonyl (C=O) groups is 1. The van der Waals surface area contributed by atoms with Gasteiger partial charge in [0.2, 0.25) is 0 Å². The van der Waals surface area contributed by atoms with E-state index >= 15 is 4.39 Å². The molecule has 5 heterocycles. The number of aromatic nitrogens is 5. The van der Waals surface area contributed by atoms with Crippen molar-refractivity contribution in [1.29, 1.82) is 0 Å². The van der Waals surface area contributed by atoms with Crippen LogP contribution in [0.1, 0.15) is 47.2 Å². The molecule has 1 amide bonds. The number of carbonyl (C=O) groups excluding carboxylic acids is 1. The molecule has 2 saturated heterocycles. The number of benzene rings is 3. The fraction of sp³-hybridized carbons (Fsp3) is 0.275. The summed E-state index contributed by atoms with van der Waals surface area (Å²) in [5, 5.41) is 15.1. The zero-order chi connectivity index (χ0) is 37.2. The predicted molar refractivity (Wildman–Crippen MR) is 200 cm³/mol. The van der Waals surface area contributed by atoms with Crippen LogP contribution in [0.25, 0.3) is 16.7 Å². The summed E-state index contributed by atoms with van der Waals surface area (Å²) in [5.41, 5.74) is 1.69. The van der Waals surface area contributed by atoms with Gasteiger partial charge in [-0.3, -0.25) is 14.7 Å². The third-order valence-corrected chi connectivity index (χ3v) is 10.0. The number of fused-ring (bicyclic) bond motifs is 1. The van der Waals surface area contributed by atoms with Crippen molar-refractivity contribution in [2.24, 2.45) is 0 Å². The highest BCUT2D eigenvalue weighted by atomic mass is 19.1. The number of pyridine rings is 1. The Labute approximate surface area is 309 Å². The Morgan fingerprint density at radius 1 is 0.981 bits per heavy atom. The van der Waals surface area contributed by atoms with E-state index < -0.39 is 23.1 Å². The topological polar surface area (TPSA) is 130 Å². The number of amides is 1. The lowest BCUT2D eigenvalue weighted by Crippen LogP contribution is -2.39. The van der Waals surface area contributed by atoms with Crippen LogP contribution in [0.3, 0.4) is 0 Å². The third-order valence-electron chi connectivity index (χ3n) is 10.0. The summed E-state index contributed by atoms with van der Waals surface area (Å²) in [6.45, 7) is 3.97. The van der Waals surface area contributed by atoms with E-state index in [1.807, 2.05) is 24.3 Å². The lowest BCUT2D eigenvalue weighted by Gasteiger charge is -2.29. The maximum atomic E-state index is 16.0. The summed E-state index contributed by atoms with van der Waals surface area (Å²) < 4.78 is 42.3. The molecule has 0 spiro atoms. The molecule has 0 bridgehead atoms. The van der Waals surface area contributed by atoms with Gasteiger partial charge in [-0.05, 0) is 98.9 Å². The summed E-state index contributed by atoms with van der Waals surface area (Å²) in [6.07, 6.45) is 7.95. The van der Waals surface area contributed by atoms with Crippen LogP contribution in [0, 0.1) is 11.6 Å². The van der Waals surface area contributed by atoms with Crippen LogP contribution in [0.2, 0.25) is 0 Å². The molecule has 2 aliphatic rings. The van der Waals surface area contributed by atoms with Crippen molar-refractivity contribution >= 4 is 28.4 Å². The molecule has 0 saturated carbocycles. The molecule has 54 heavy (non-hydrogen) atoms. The van der Waals surface area contributed by atoms with Gasteiger partial charge in [-0.1, -0.05) is 12.1 Å². The summed E-state index contributed by atoms with van der Waals surface area (Å²) >= 11 is 0. The van der Waals surface area contributed by atoms with Crippen molar-refractivity contribution in [2.75, 3.05) is 43.5 Å². The van der Waals surface area contributed by atoms with E-state index in [1.165, 1.54) is 61.5 Å². The summed E-state index contributed by atoms with van der Waals surface area (Å²) in [4.78, 5) is 35.9. The predicted octanol–water partition coefficient (Wildman–Crippen LogP) is 6.49. The van der Waals surface area contributed by atoms with Crippen LogP contribution >= 0.6 is 0 Å². The lowest BCUT2D eigenvalue weighted by atomic mass is 10.0. The molecule has 2 aliphatic heterocycles. The van der Waals surface area contributed by atoms with Crippen LogP contribution in [0.5, 0.6) is 17.2 Å². The minimum absolute atomic E-state index is 0.0683. The van der Waals surface area contributed by atoms with E-state index in [2.05, 4.69) is 25.3 Å². The van der Waals surface area contributed by atoms with Crippen molar-refractivity contribution < 1.29 is 23.0 Å². The normalized spacial score (nSPS) is 15.9. The molecule has 2 fully saturated rings. The number of hydrogen-bond donors (Lipinski definition) is 2. The van der Waals surface area contributed by atoms with Gasteiger partial charge in [0.25, 0.3) is 11.5 Å². The number of ether oxygens (including phenoxy) is 2. The van der Waals surface area contributed by atoms with Crippen LogP contribution in [0.15, 0.2) is 90.0 Å². The van der Waals surface area contributed by atoms with Gasteiger partial charge in [-0.25, -0.2) is 13.8 Å². The van der Waals surface area contributed by atoms with E-state index in [0.717, 1.165) is 72.5 Å². The second-order valence-corrected chi connectivity index (χ2v) is 13.5. The first-order valence-electron chi connectivity index (χ1n) is 18.0. The Kier molecular flexibility index (Phi) is 9.74. The summed E-state index contributed by atoms with van der Waals surface area (Å²) in [5.74, 6) is -0.156. The number of methoxy groups -OCH3 is 1. The molecule has 2 N–H and O–H groups in total. The van der Waals surface area contributed by atoms with Gasteiger partial charge in [0.05, 0.1) is 12.8 Å². The highest BCUT2D eigenvalue weighted by molar-refractivity contribution is 6.04. The number of likely N-dealkylation sites (tertiary alicyclic amines) is 1. The number of anilines is 2. The fourth-order valence-electron chi connectivity index (χ4n) is 7.29. The zero-order valence-electron chi connectivity index (χ0n) is 29.6. The van der Waals surface area contributed by atoms with Crippen LogP contribution < -0.4 is 25.2 Å². The Morgan fingerprint density at radius 2 is 1.78 bits per heavy atom. The van der Waals surface area contributed by atoms with E-state index in [4.69, 9.17) is 19.6 Å². The second kappa shape index (κ2) is 15.1. The molecule has 14 heteroatoms. The van der Waals surface area contributed by atoms with Gasteiger partial charge in [0.1, 0.15) is 28.3 Å².